The van der Waals surface area contributed by atoms with Crippen molar-refractivity contribution in [3.8, 4) is 0 Å². The molecule has 1 heterocycles. The van der Waals surface area contributed by atoms with Gasteiger partial charge in [0.15, 0.2) is 0 Å². The van der Waals surface area contributed by atoms with Crippen LogP contribution in [-0.2, 0) is 0 Å². The highest BCUT2D eigenvalue weighted by Gasteiger charge is 2.13. The number of aromatic nitrogens is 2. The molecule has 2 amide bonds. The van der Waals surface area contributed by atoms with Gasteiger partial charge in [-0.25, -0.2) is 9.37 Å². The van der Waals surface area contributed by atoms with E-state index in [4.69, 9.17) is 0 Å². The number of benzene rings is 2. The first-order chi connectivity index (χ1) is 13.4. The first-order valence-electron chi connectivity index (χ1n) is 8.69. The molecule has 3 rings (SSSR count). The summed E-state index contributed by atoms with van der Waals surface area (Å²) in [6, 6.07) is 12.2. The van der Waals surface area contributed by atoms with Gasteiger partial charge in [0.2, 0.25) is 0 Å². The van der Waals surface area contributed by atoms with E-state index in [-0.39, 0.29) is 23.6 Å². The van der Waals surface area contributed by atoms with Gasteiger partial charge in [0, 0.05) is 17.4 Å². The third-order valence-corrected chi connectivity index (χ3v) is 4.14. The topological polar surface area (TPSA) is 84.0 Å². The number of anilines is 1. The van der Waals surface area contributed by atoms with Crippen molar-refractivity contribution in [2.75, 3.05) is 5.32 Å². The van der Waals surface area contributed by atoms with Gasteiger partial charge in [-0.2, -0.15) is 0 Å². The van der Waals surface area contributed by atoms with Gasteiger partial charge < -0.3 is 10.6 Å². The Morgan fingerprint density at radius 1 is 0.929 bits per heavy atom. The second-order valence-electron chi connectivity index (χ2n) is 6.32. The van der Waals surface area contributed by atoms with Gasteiger partial charge in [0.05, 0.1) is 17.9 Å². The van der Waals surface area contributed by atoms with Crippen molar-refractivity contribution < 1.29 is 14.0 Å². The first kappa shape index (κ1) is 19.2. The lowest BCUT2D eigenvalue weighted by Crippen LogP contribution is -2.27. The maximum absolute atomic E-state index is 12.9. The molecule has 28 heavy (non-hydrogen) atoms. The van der Waals surface area contributed by atoms with E-state index in [0.717, 1.165) is 11.3 Å². The Hall–Kier alpha value is -3.61. The summed E-state index contributed by atoms with van der Waals surface area (Å²) in [5.41, 5.74) is 2.82. The SMILES string of the molecule is Cc1cnc(C(=O)NC(C)c2ccc(NC(=O)c3ccc(F)cc3)cc2)cn1. The highest BCUT2D eigenvalue weighted by Crippen LogP contribution is 2.17. The molecule has 0 radical (unpaired) electrons. The molecule has 142 valence electrons. The molecule has 0 bridgehead atoms. The minimum Gasteiger partial charge on any atom is -0.344 e. The minimum absolute atomic E-state index is 0.251. The van der Waals surface area contributed by atoms with Crippen LogP contribution in [0.1, 0.15) is 45.1 Å². The molecule has 0 saturated carbocycles. The standard InChI is InChI=1S/C21H19FN4O2/c1-13-11-24-19(12-23-13)21(28)25-14(2)15-5-9-18(10-6-15)26-20(27)16-3-7-17(22)8-4-16/h3-12,14H,1-2H3,(H,25,28)(H,26,27). The van der Waals surface area contributed by atoms with Crippen molar-refractivity contribution in [3.05, 3.63) is 89.3 Å². The normalized spacial score (nSPS) is 11.5. The van der Waals surface area contributed by atoms with E-state index < -0.39 is 5.82 Å². The number of carbonyl (C=O) groups is 2. The summed E-state index contributed by atoms with van der Waals surface area (Å²) in [5, 5.41) is 5.61. The van der Waals surface area contributed by atoms with Gasteiger partial charge in [-0.1, -0.05) is 12.1 Å². The van der Waals surface area contributed by atoms with Crippen molar-refractivity contribution in [1.29, 1.82) is 0 Å². The predicted molar refractivity (Wildman–Crippen MR) is 103 cm³/mol. The highest BCUT2D eigenvalue weighted by atomic mass is 19.1. The first-order valence-corrected chi connectivity index (χ1v) is 8.69. The molecule has 0 spiro atoms. The Bertz CT molecular complexity index is 971. The fraction of sp³-hybridized carbons (Fsp3) is 0.143. The fourth-order valence-electron chi connectivity index (χ4n) is 2.52. The minimum atomic E-state index is -0.395. The maximum Gasteiger partial charge on any atom is 0.271 e. The van der Waals surface area contributed by atoms with Gasteiger partial charge >= 0.3 is 0 Å². The molecule has 1 aromatic heterocycles. The van der Waals surface area contributed by atoms with Crippen LogP contribution in [0.4, 0.5) is 10.1 Å². The van der Waals surface area contributed by atoms with E-state index >= 15 is 0 Å². The van der Waals surface area contributed by atoms with Crippen molar-refractivity contribution in [1.82, 2.24) is 15.3 Å². The van der Waals surface area contributed by atoms with Gasteiger partial charge in [0.1, 0.15) is 11.5 Å². The Kier molecular flexibility index (Phi) is 5.74. The molecule has 6 nitrogen and oxygen atoms in total. The van der Waals surface area contributed by atoms with E-state index in [0.29, 0.717) is 11.3 Å². The summed E-state index contributed by atoms with van der Waals surface area (Å²) in [5.74, 6) is -1.03. The molecular formula is C21H19FN4O2. The van der Waals surface area contributed by atoms with E-state index in [1.807, 2.05) is 19.1 Å². The molecule has 3 aromatic rings. The number of hydrogen-bond donors (Lipinski definition) is 2. The number of nitrogens with one attached hydrogen (secondary N) is 2. The number of nitrogens with zero attached hydrogens (tertiary/aromatic N) is 2. The van der Waals surface area contributed by atoms with E-state index in [9.17, 15) is 14.0 Å². The zero-order valence-corrected chi connectivity index (χ0v) is 15.4. The van der Waals surface area contributed by atoms with Crippen molar-refractivity contribution in [2.24, 2.45) is 0 Å². The highest BCUT2D eigenvalue weighted by molar-refractivity contribution is 6.04. The lowest BCUT2D eigenvalue weighted by molar-refractivity contribution is 0.0933. The summed E-state index contributed by atoms with van der Waals surface area (Å²) in [7, 11) is 0. The zero-order chi connectivity index (χ0) is 20.1. The van der Waals surface area contributed by atoms with Gasteiger partial charge in [-0.15, -0.1) is 0 Å². The molecule has 7 heteroatoms. The summed E-state index contributed by atoms with van der Waals surface area (Å²) in [6.45, 7) is 3.65. The lowest BCUT2D eigenvalue weighted by Gasteiger charge is -2.15. The average Bonchev–Trinajstić information content (AvgIpc) is 2.69. The molecule has 2 aromatic carbocycles. The largest absolute Gasteiger partial charge is 0.344 e. The molecular weight excluding hydrogens is 359 g/mol. The van der Waals surface area contributed by atoms with E-state index in [1.165, 1.54) is 36.7 Å². The Balaban J connectivity index is 1.61. The fourth-order valence-corrected chi connectivity index (χ4v) is 2.52. The third-order valence-electron chi connectivity index (χ3n) is 4.14. The van der Waals surface area contributed by atoms with Crippen LogP contribution in [-0.4, -0.2) is 21.8 Å². The zero-order valence-electron chi connectivity index (χ0n) is 15.4. The van der Waals surface area contributed by atoms with Crippen LogP contribution in [0.25, 0.3) is 0 Å². The number of halogens is 1. The predicted octanol–water partition coefficient (Wildman–Crippen LogP) is 3.67. The Labute approximate surface area is 161 Å². The van der Waals surface area contributed by atoms with Crippen molar-refractivity contribution in [3.63, 3.8) is 0 Å². The molecule has 0 fully saturated rings. The summed E-state index contributed by atoms with van der Waals surface area (Å²) >= 11 is 0. The van der Waals surface area contributed by atoms with Crippen molar-refractivity contribution >= 4 is 17.5 Å². The number of carbonyl (C=O) groups excluding carboxylic acids is 2. The van der Waals surface area contributed by atoms with Crippen LogP contribution < -0.4 is 10.6 Å². The number of amides is 2. The Morgan fingerprint density at radius 2 is 1.61 bits per heavy atom. The monoisotopic (exact) mass is 378 g/mol. The molecule has 1 unspecified atom stereocenters. The average molecular weight is 378 g/mol. The second-order valence-corrected chi connectivity index (χ2v) is 6.32. The number of rotatable bonds is 5. The van der Waals surface area contributed by atoms with Crippen LogP contribution in [0.5, 0.6) is 0 Å². The Morgan fingerprint density at radius 3 is 2.21 bits per heavy atom. The van der Waals surface area contributed by atoms with Crippen LogP contribution in [0.2, 0.25) is 0 Å². The van der Waals surface area contributed by atoms with Crippen LogP contribution in [0, 0.1) is 12.7 Å². The molecule has 0 aliphatic rings. The number of aryl methyl sites for hydroxylation is 1. The lowest BCUT2D eigenvalue weighted by atomic mass is 10.1. The molecule has 0 aliphatic heterocycles. The van der Waals surface area contributed by atoms with E-state index in [1.54, 1.807) is 19.1 Å². The molecule has 1 atom stereocenters. The van der Waals surface area contributed by atoms with Gasteiger partial charge in [0.25, 0.3) is 11.8 Å². The maximum atomic E-state index is 12.9. The smallest absolute Gasteiger partial charge is 0.271 e. The van der Waals surface area contributed by atoms with Gasteiger partial charge in [-0.3, -0.25) is 14.6 Å². The van der Waals surface area contributed by atoms with Crippen LogP contribution in [0.15, 0.2) is 60.9 Å². The van der Waals surface area contributed by atoms with Crippen LogP contribution in [0.3, 0.4) is 0 Å². The summed E-state index contributed by atoms with van der Waals surface area (Å²) in [6.07, 6.45) is 2.98. The molecule has 0 aliphatic carbocycles. The third kappa shape index (κ3) is 4.76. The van der Waals surface area contributed by atoms with Gasteiger partial charge in [-0.05, 0) is 55.8 Å². The van der Waals surface area contributed by atoms with E-state index in [2.05, 4.69) is 20.6 Å². The van der Waals surface area contributed by atoms with Crippen LogP contribution >= 0.6 is 0 Å². The molecule has 2 N–H and O–H groups in total. The number of hydrogen-bond acceptors (Lipinski definition) is 4. The second kappa shape index (κ2) is 8.39. The molecule has 0 saturated heterocycles. The summed E-state index contributed by atoms with van der Waals surface area (Å²) < 4.78 is 12.9. The summed E-state index contributed by atoms with van der Waals surface area (Å²) in [4.78, 5) is 32.5. The quantitative estimate of drug-likeness (QED) is 0.710. The van der Waals surface area contributed by atoms with Crippen molar-refractivity contribution in [2.45, 2.75) is 19.9 Å².